The Bertz CT molecular complexity index is 2210. The quantitative estimate of drug-likeness (QED) is 0.0547. The van der Waals surface area contributed by atoms with Gasteiger partial charge in [0.15, 0.2) is 5.78 Å². The summed E-state index contributed by atoms with van der Waals surface area (Å²) in [5, 5.41) is 6.29. The third-order valence-corrected chi connectivity index (χ3v) is 12.8. The Balaban J connectivity index is 0.810. The zero-order valence-electron chi connectivity index (χ0n) is 39.2. The van der Waals surface area contributed by atoms with Crippen molar-refractivity contribution in [3.05, 3.63) is 124 Å². The first-order chi connectivity index (χ1) is 31.8. The SMILES string of the molecule is C=C1CCC(N2C(=O)c3cccc(CCCOCCOCCOCCOCC(=O)N4CCC(C(C)N(/C(C)=C/C(=O)NCC5=C(C)C=C(C)NC5=C)c5ccccc5)CC4)c3C2=O)C(=O)C1. The topological polar surface area (TPSA) is 156 Å². The lowest BCUT2D eigenvalue weighted by Crippen LogP contribution is -2.46. The number of anilines is 1. The fourth-order valence-electron chi connectivity index (χ4n) is 9.29. The van der Waals surface area contributed by atoms with Crippen LogP contribution in [0.5, 0.6) is 0 Å². The highest BCUT2D eigenvalue weighted by molar-refractivity contribution is 6.23. The second-order valence-corrected chi connectivity index (χ2v) is 17.5. The molecule has 2 N–H and O–H groups in total. The van der Waals surface area contributed by atoms with Crippen LogP contribution in [0.4, 0.5) is 5.69 Å². The van der Waals surface area contributed by atoms with Gasteiger partial charge in [-0.1, -0.05) is 49.1 Å². The summed E-state index contributed by atoms with van der Waals surface area (Å²) >= 11 is 0. The molecule has 1 aliphatic carbocycles. The van der Waals surface area contributed by atoms with Gasteiger partial charge in [-0.25, -0.2) is 0 Å². The van der Waals surface area contributed by atoms with Crippen molar-refractivity contribution in [3.63, 3.8) is 0 Å². The number of hydrogen-bond acceptors (Lipinski definition) is 11. The number of ether oxygens (including phenoxy) is 4. The van der Waals surface area contributed by atoms with E-state index in [2.05, 4.69) is 53.8 Å². The van der Waals surface area contributed by atoms with Gasteiger partial charge in [-0.15, -0.1) is 0 Å². The number of likely N-dealkylation sites (tertiary alicyclic amines) is 1. The van der Waals surface area contributed by atoms with Crippen LogP contribution in [0, 0.1) is 5.92 Å². The third-order valence-electron chi connectivity index (χ3n) is 12.8. The number of fused-ring (bicyclic) bond motifs is 1. The van der Waals surface area contributed by atoms with Crippen LogP contribution >= 0.6 is 0 Å². The summed E-state index contributed by atoms with van der Waals surface area (Å²) in [5.41, 5.74) is 8.12. The molecule has 0 bridgehead atoms. The number of rotatable bonds is 23. The zero-order valence-corrected chi connectivity index (χ0v) is 39.2. The number of nitrogens with zero attached hydrogens (tertiary/aromatic N) is 3. The molecule has 1 saturated carbocycles. The van der Waals surface area contributed by atoms with Crippen LogP contribution in [0.3, 0.4) is 0 Å². The summed E-state index contributed by atoms with van der Waals surface area (Å²) in [7, 11) is 0. The highest BCUT2D eigenvalue weighted by atomic mass is 16.6. The van der Waals surface area contributed by atoms with Crippen LogP contribution in [0.15, 0.2) is 108 Å². The van der Waals surface area contributed by atoms with E-state index in [9.17, 15) is 24.0 Å². The van der Waals surface area contributed by atoms with Gasteiger partial charge in [0.2, 0.25) is 11.8 Å². The van der Waals surface area contributed by atoms with Gasteiger partial charge in [-0.05, 0) is 113 Å². The Labute approximate surface area is 389 Å². The van der Waals surface area contributed by atoms with E-state index in [4.69, 9.17) is 18.9 Å². The van der Waals surface area contributed by atoms with Gasteiger partial charge in [0.05, 0.1) is 56.8 Å². The standard InChI is InChI=1S/C52H67N5O9/c1-35-17-18-46(47(58)30-35)57-51(61)44-16-10-12-42(50(44)52(57)62)13-11-23-63-24-25-64-26-27-65-28-29-66-34-49(60)55-21-19-41(20-22-55)40(6)56(43-14-8-7-9-15-43)38(4)32-48(59)53-33-45-36(2)31-37(3)54-39(45)5/h7-10,12,14-16,31-32,40-41,46,54H,1,5,11,13,17-30,33-34H2,2-4,6H3,(H,53,59)/b38-32+. The molecule has 4 aliphatic rings. The maximum Gasteiger partial charge on any atom is 0.262 e. The summed E-state index contributed by atoms with van der Waals surface area (Å²) in [6.45, 7) is 20.5. The fourth-order valence-corrected chi connectivity index (χ4v) is 9.29. The van der Waals surface area contributed by atoms with Crippen LogP contribution in [0.1, 0.15) is 92.5 Å². The van der Waals surface area contributed by atoms with Crippen molar-refractivity contribution in [2.75, 3.05) is 77.4 Å². The number of aryl methyl sites for hydroxylation is 1. The number of para-hydroxylation sites is 1. The molecule has 0 aromatic heterocycles. The molecular weight excluding hydrogens is 839 g/mol. The molecule has 66 heavy (non-hydrogen) atoms. The molecule has 2 fully saturated rings. The molecule has 3 aliphatic heterocycles. The number of piperidine rings is 1. The van der Waals surface area contributed by atoms with Crippen molar-refractivity contribution in [3.8, 4) is 0 Å². The zero-order chi connectivity index (χ0) is 47.2. The Morgan fingerprint density at radius 1 is 0.879 bits per heavy atom. The van der Waals surface area contributed by atoms with Gasteiger partial charge in [0.25, 0.3) is 11.8 Å². The van der Waals surface area contributed by atoms with Crippen molar-refractivity contribution >= 4 is 35.1 Å². The molecule has 2 aromatic rings. The molecule has 3 heterocycles. The van der Waals surface area contributed by atoms with Crippen LogP contribution in [-0.2, 0) is 39.8 Å². The number of imide groups is 1. The monoisotopic (exact) mass is 905 g/mol. The maximum atomic E-state index is 13.4. The van der Waals surface area contributed by atoms with Gasteiger partial charge in [0.1, 0.15) is 6.61 Å². The van der Waals surface area contributed by atoms with Gasteiger partial charge in [0, 0.05) is 67.6 Å². The molecule has 14 nitrogen and oxygen atoms in total. The van der Waals surface area contributed by atoms with Crippen molar-refractivity contribution in [2.45, 2.75) is 84.7 Å². The van der Waals surface area contributed by atoms with E-state index in [0.29, 0.717) is 109 Å². The number of ketones is 1. The van der Waals surface area contributed by atoms with E-state index >= 15 is 0 Å². The van der Waals surface area contributed by atoms with Crippen LogP contribution in [-0.4, -0.2) is 124 Å². The highest BCUT2D eigenvalue weighted by Gasteiger charge is 2.44. The lowest BCUT2D eigenvalue weighted by Gasteiger charge is -2.41. The lowest BCUT2D eigenvalue weighted by atomic mass is 9.88. The Hall–Kier alpha value is -5.67. The maximum absolute atomic E-state index is 13.4. The highest BCUT2D eigenvalue weighted by Crippen LogP contribution is 2.34. The van der Waals surface area contributed by atoms with E-state index in [-0.39, 0.29) is 42.6 Å². The Morgan fingerprint density at radius 3 is 2.21 bits per heavy atom. The first-order valence-corrected chi connectivity index (χ1v) is 23.3. The largest absolute Gasteiger partial charge is 0.379 e. The van der Waals surface area contributed by atoms with Crippen molar-refractivity contribution in [2.24, 2.45) is 5.92 Å². The van der Waals surface area contributed by atoms with Crippen LogP contribution < -0.4 is 15.5 Å². The van der Waals surface area contributed by atoms with Crippen molar-refractivity contribution < 1.29 is 42.9 Å². The van der Waals surface area contributed by atoms with Gasteiger partial charge in [-0.2, -0.15) is 0 Å². The molecule has 2 unspecified atom stereocenters. The van der Waals surface area contributed by atoms with Gasteiger partial charge in [-0.3, -0.25) is 28.9 Å². The molecule has 6 rings (SSSR count). The average molecular weight is 906 g/mol. The Morgan fingerprint density at radius 2 is 1.55 bits per heavy atom. The van der Waals surface area contributed by atoms with E-state index in [1.165, 1.54) is 0 Å². The number of benzene rings is 2. The Kier molecular flexibility index (Phi) is 18.2. The fraction of sp³-hybridized carbons (Fsp3) is 0.481. The van der Waals surface area contributed by atoms with Crippen LogP contribution in [0.25, 0.3) is 0 Å². The van der Waals surface area contributed by atoms with Gasteiger partial charge >= 0.3 is 0 Å². The predicted octanol–water partition coefficient (Wildman–Crippen LogP) is 6.45. The molecule has 4 amide bonds. The van der Waals surface area contributed by atoms with E-state index < -0.39 is 11.9 Å². The number of amides is 4. The number of carbonyl (C=O) groups excluding carboxylic acids is 5. The second kappa shape index (κ2) is 24.2. The van der Waals surface area contributed by atoms with Crippen LogP contribution in [0.2, 0.25) is 0 Å². The summed E-state index contributed by atoms with van der Waals surface area (Å²) in [6, 6.07) is 14.8. The minimum absolute atomic E-state index is 0.00184. The molecule has 0 radical (unpaired) electrons. The lowest BCUT2D eigenvalue weighted by molar-refractivity contribution is -0.138. The number of hydrogen-bond donors (Lipinski definition) is 2. The van der Waals surface area contributed by atoms with Gasteiger partial charge < -0.3 is 39.4 Å². The minimum atomic E-state index is -0.728. The molecule has 354 valence electrons. The van der Waals surface area contributed by atoms with Crippen molar-refractivity contribution in [1.29, 1.82) is 0 Å². The molecule has 1 saturated heterocycles. The summed E-state index contributed by atoms with van der Waals surface area (Å²) < 4.78 is 22.6. The summed E-state index contributed by atoms with van der Waals surface area (Å²) in [6.07, 6.45) is 7.86. The number of dihydropyridines is 1. The molecule has 0 spiro atoms. The smallest absolute Gasteiger partial charge is 0.262 e. The molecular formula is C52H67N5O9. The second-order valence-electron chi connectivity index (χ2n) is 17.5. The third kappa shape index (κ3) is 13.0. The number of allylic oxidation sites excluding steroid dienone is 5. The first kappa shape index (κ1) is 49.8. The summed E-state index contributed by atoms with van der Waals surface area (Å²) in [5.74, 6) is -0.818. The van der Waals surface area contributed by atoms with Crippen molar-refractivity contribution in [1.82, 2.24) is 20.4 Å². The average Bonchev–Trinajstić information content (AvgIpc) is 3.55. The van der Waals surface area contributed by atoms with E-state index in [0.717, 1.165) is 62.8 Å². The summed E-state index contributed by atoms with van der Waals surface area (Å²) in [4.78, 5) is 70.6. The molecule has 2 atom stereocenters. The molecule has 2 aromatic carbocycles. The minimum Gasteiger partial charge on any atom is -0.379 e. The first-order valence-electron chi connectivity index (χ1n) is 23.3. The molecule has 14 heteroatoms. The number of Topliss-reactive ketones (excluding diaryl/α,β-unsaturated/α-hetero) is 1. The number of carbonyl (C=O) groups is 5. The van der Waals surface area contributed by atoms with E-state index in [1.54, 1.807) is 18.2 Å². The van der Waals surface area contributed by atoms with E-state index in [1.807, 2.05) is 49.9 Å². The predicted molar refractivity (Wildman–Crippen MR) is 254 cm³/mol. The number of nitrogens with one attached hydrogen (secondary N) is 2. The normalized spacial score (nSPS) is 18.7.